The van der Waals surface area contributed by atoms with Gasteiger partial charge in [-0.25, -0.2) is 0 Å². The molecule has 0 saturated heterocycles. The summed E-state index contributed by atoms with van der Waals surface area (Å²) >= 11 is 0. The average Bonchev–Trinajstić information content (AvgIpc) is 2.68. The molecular formula is C21H17NO3. The van der Waals surface area contributed by atoms with Gasteiger partial charge in [-0.3, -0.25) is 9.59 Å². The van der Waals surface area contributed by atoms with Gasteiger partial charge < -0.3 is 10.5 Å². The van der Waals surface area contributed by atoms with E-state index >= 15 is 0 Å². The predicted octanol–water partition coefficient (Wildman–Crippen LogP) is 3.74. The van der Waals surface area contributed by atoms with Crippen LogP contribution in [-0.2, 0) is 0 Å². The average molecular weight is 331 g/mol. The van der Waals surface area contributed by atoms with Crippen molar-refractivity contribution in [1.29, 1.82) is 0 Å². The number of ether oxygens (including phenoxy) is 1. The zero-order valence-corrected chi connectivity index (χ0v) is 13.7. The van der Waals surface area contributed by atoms with Crippen molar-refractivity contribution in [3.8, 4) is 5.75 Å². The van der Waals surface area contributed by atoms with E-state index in [0.29, 0.717) is 22.4 Å². The van der Waals surface area contributed by atoms with Gasteiger partial charge in [-0.2, -0.15) is 0 Å². The van der Waals surface area contributed by atoms with E-state index in [9.17, 15) is 9.59 Å². The molecule has 0 aliphatic heterocycles. The molecule has 4 heteroatoms. The van der Waals surface area contributed by atoms with Crippen LogP contribution in [0.15, 0.2) is 72.8 Å². The fourth-order valence-corrected chi connectivity index (χ4v) is 2.62. The molecule has 0 saturated carbocycles. The van der Waals surface area contributed by atoms with Gasteiger partial charge in [0.15, 0.2) is 11.6 Å². The second-order valence-electron chi connectivity index (χ2n) is 5.53. The van der Waals surface area contributed by atoms with Crippen LogP contribution in [0.2, 0.25) is 0 Å². The molecule has 4 nitrogen and oxygen atoms in total. The Labute approximate surface area is 145 Å². The van der Waals surface area contributed by atoms with Crippen molar-refractivity contribution in [2.24, 2.45) is 0 Å². The van der Waals surface area contributed by atoms with Crippen molar-refractivity contribution in [2.75, 3.05) is 12.8 Å². The second-order valence-corrected chi connectivity index (χ2v) is 5.53. The molecule has 0 unspecified atom stereocenters. The molecule has 0 spiro atoms. The maximum atomic E-state index is 12.8. The summed E-state index contributed by atoms with van der Waals surface area (Å²) in [4.78, 5) is 25.5. The molecule has 0 bridgehead atoms. The van der Waals surface area contributed by atoms with Crippen molar-refractivity contribution in [3.05, 3.63) is 95.1 Å². The molecule has 0 heterocycles. The number of rotatable bonds is 5. The molecule has 124 valence electrons. The number of carbonyl (C=O) groups is 2. The first-order valence-electron chi connectivity index (χ1n) is 7.79. The van der Waals surface area contributed by atoms with Crippen molar-refractivity contribution in [2.45, 2.75) is 0 Å². The number of anilines is 1. The number of hydrogen-bond donors (Lipinski definition) is 1. The van der Waals surface area contributed by atoms with Crippen molar-refractivity contribution in [1.82, 2.24) is 0 Å². The van der Waals surface area contributed by atoms with Crippen LogP contribution in [0.4, 0.5) is 5.69 Å². The summed E-state index contributed by atoms with van der Waals surface area (Å²) in [5.74, 6) is -0.138. The molecule has 0 fully saturated rings. The number of benzene rings is 3. The summed E-state index contributed by atoms with van der Waals surface area (Å²) in [5, 5.41) is 0. The Morgan fingerprint density at radius 1 is 0.760 bits per heavy atom. The standard InChI is InChI=1S/C21H17NO3/c1-25-18-13-16(20(23)14-8-4-2-5-9-14)12-17(19(18)22)21(24)15-10-6-3-7-11-15/h2-13H,22H2,1H3. The summed E-state index contributed by atoms with van der Waals surface area (Å²) in [5.41, 5.74) is 7.95. The summed E-state index contributed by atoms with van der Waals surface area (Å²) in [6.07, 6.45) is 0. The number of methoxy groups -OCH3 is 1. The third kappa shape index (κ3) is 3.28. The monoisotopic (exact) mass is 331 g/mol. The van der Waals surface area contributed by atoms with E-state index in [2.05, 4.69) is 0 Å². The van der Waals surface area contributed by atoms with Gasteiger partial charge in [0.05, 0.1) is 12.8 Å². The zero-order chi connectivity index (χ0) is 17.8. The van der Waals surface area contributed by atoms with Crippen LogP contribution in [0, 0.1) is 0 Å². The summed E-state index contributed by atoms with van der Waals surface area (Å²) in [6.45, 7) is 0. The van der Waals surface area contributed by atoms with E-state index in [1.165, 1.54) is 13.2 Å². The Balaban J connectivity index is 2.10. The predicted molar refractivity (Wildman–Crippen MR) is 97.2 cm³/mol. The van der Waals surface area contributed by atoms with Gasteiger partial charge in [0, 0.05) is 22.3 Å². The van der Waals surface area contributed by atoms with Crippen molar-refractivity contribution < 1.29 is 14.3 Å². The van der Waals surface area contributed by atoms with Gasteiger partial charge in [-0.15, -0.1) is 0 Å². The Morgan fingerprint density at radius 2 is 1.28 bits per heavy atom. The highest BCUT2D eigenvalue weighted by molar-refractivity contribution is 6.16. The third-order valence-corrected chi connectivity index (χ3v) is 3.94. The summed E-state index contributed by atoms with van der Waals surface area (Å²) in [7, 11) is 1.46. The fraction of sp³-hybridized carbons (Fsp3) is 0.0476. The van der Waals surface area contributed by atoms with Crippen LogP contribution < -0.4 is 10.5 Å². The minimum absolute atomic E-state index is 0.194. The van der Waals surface area contributed by atoms with E-state index in [4.69, 9.17) is 10.5 Å². The highest BCUT2D eigenvalue weighted by atomic mass is 16.5. The molecule has 0 aliphatic rings. The number of nitrogens with two attached hydrogens (primary N) is 1. The molecule has 3 rings (SSSR count). The van der Waals surface area contributed by atoms with E-state index in [0.717, 1.165) is 0 Å². The quantitative estimate of drug-likeness (QED) is 0.571. The molecule has 3 aromatic carbocycles. The Morgan fingerprint density at radius 3 is 1.80 bits per heavy atom. The second kappa shape index (κ2) is 7.01. The first-order valence-corrected chi connectivity index (χ1v) is 7.79. The molecule has 0 aromatic heterocycles. The zero-order valence-electron chi connectivity index (χ0n) is 13.7. The maximum absolute atomic E-state index is 12.8. The van der Waals surface area contributed by atoms with Crippen LogP contribution in [0.25, 0.3) is 0 Å². The van der Waals surface area contributed by atoms with E-state index in [-0.39, 0.29) is 22.8 Å². The first kappa shape index (κ1) is 16.5. The Hall–Kier alpha value is -3.40. The van der Waals surface area contributed by atoms with E-state index in [1.54, 1.807) is 54.6 Å². The number of hydrogen-bond acceptors (Lipinski definition) is 4. The normalized spacial score (nSPS) is 10.3. The van der Waals surface area contributed by atoms with Gasteiger partial charge in [-0.05, 0) is 12.1 Å². The molecule has 0 atom stereocenters. The first-order chi connectivity index (χ1) is 12.1. The lowest BCUT2D eigenvalue weighted by Gasteiger charge is -2.12. The maximum Gasteiger partial charge on any atom is 0.195 e. The number of carbonyl (C=O) groups excluding carboxylic acids is 2. The number of nitrogen functional groups attached to an aromatic ring is 1. The summed E-state index contributed by atoms with van der Waals surface area (Å²) in [6, 6.07) is 20.8. The molecule has 0 aliphatic carbocycles. The lowest BCUT2D eigenvalue weighted by Crippen LogP contribution is -2.10. The van der Waals surface area contributed by atoms with Crippen LogP contribution in [-0.4, -0.2) is 18.7 Å². The largest absolute Gasteiger partial charge is 0.495 e. The molecule has 2 N–H and O–H groups in total. The van der Waals surface area contributed by atoms with E-state index in [1.807, 2.05) is 12.1 Å². The smallest absolute Gasteiger partial charge is 0.195 e. The van der Waals surface area contributed by atoms with Crippen LogP contribution in [0.1, 0.15) is 31.8 Å². The van der Waals surface area contributed by atoms with Crippen LogP contribution in [0.3, 0.4) is 0 Å². The fourth-order valence-electron chi connectivity index (χ4n) is 2.62. The topological polar surface area (TPSA) is 69.4 Å². The van der Waals surface area contributed by atoms with Crippen molar-refractivity contribution >= 4 is 17.3 Å². The Kier molecular flexibility index (Phi) is 4.61. The molecule has 0 radical (unpaired) electrons. The highest BCUT2D eigenvalue weighted by Crippen LogP contribution is 2.30. The van der Waals surface area contributed by atoms with Gasteiger partial charge in [0.2, 0.25) is 0 Å². The van der Waals surface area contributed by atoms with Gasteiger partial charge >= 0.3 is 0 Å². The SMILES string of the molecule is COc1cc(C(=O)c2ccccc2)cc(C(=O)c2ccccc2)c1N. The minimum Gasteiger partial charge on any atom is -0.495 e. The van der Waals surface area contributed by atoms with Crippen LogP contribution >= 0.6 is 0 Å². The number of ketones is 2. The summed E-state index contributed by atoms with van der Waals surface area (Å²) < 4.78 is 5.27. The lowest BCUT2D eigenvalue weighted by atomic mass is 9.95. The molecule has 0 amide bonds. The minimum atomic E-state index is -0.251. The third-order valence-electron chi connectivity index (χ3n) is 3.94. The van der Waals surface area contributed by atoms with E-state index < -0.39 is 0 Å². The van der Waals surface area contributed by atoms with Gasteiger partial charge in [0.25, 0.3) is 0 Å². The molecular weight excluding hydrogens is 314 g/mol. The highest BCUT2D eigenvalue weighted by Gasteiger charge is 2.20. The molecule has 3 aromatic rings. The van der Waals surface area contributed by atoms with Gasteiger partial charge in [0.1, 0.15) is 5.75 Å². The van der Waals surface area contributed by atoms with Crippen LogP contribution in [0.5, 0.6) is 5.75 Å². The van der Waals surface area contributed by atoms with Gasteiger partial charge in [-0.1, -0.05) is 60.7 Å². The Bertz CT molecular complexity index is 919. The molecule has 25 heavy (non-hydrogen) atoms. The lowest BCUT2D eigenvalue weighted by molar-refractivity contribution is 0.103. The van der Waals surface area contributed by atoms with Crippen molar-refractivity contribution in [3.63, 3.8) is 0 Å².